The van der Waals surface area contributed by atoms with Crippen LogP contribution in [0.3, 0.4) is 0 Å². The first-order valence-corrected chi connectivity index (χ1v) is 9.84. The van der Waals surface area contributed by atoms with Crippen molar-refractivity contribution in [3.05, 3.63) is 78.8 Å². The van der Waals surface area contributed by atoms with Crippen molar-refractivity contribution >= 4 is 23.2 Å². The third-order valence-corrected chi connectivity index (χ3v) is 4.88. The number of hydrogen-bond acceptors (Lipinski definition) is 5. The molecule has 7 heteroatoms. The second-order valence-electron chi connectivity index (χ2n) is 7.08. The van der Waals surface area contributed by atoms with Gasteiger partial charge in [-0.3, -0.25) is 9.59 Å². The van der Waals surface area contributed by atoms with Gasteiger partial charge in [-0.05, 0) is 42.8 Å². The molecule has 1 aliphatic heterocycles. The van der Waals surface area contributed by atoms with E-state index in [1.807, 2.05) is 35.2 Å². The normalized spacial score (nSPS) is 15.6. The van der Waals surface area contributed by atoms with E-state index in [0.717, 1.165) is 12.1 Å². The first kappa shape index (κ1) is 19.6. The molecule has 1 aromatic heterocycles. The van der Waals surface area contributed by atoms with Gasteiger partial charge in [-0.25, -0.2) is 0 Å². The Bertz CT molecular complexity index is 989. The third kappa shape index (κ3) is 5.00. The van der Waals surface area contributed by atoms with Crippen LogP contribution in [0.5, 0.6) is 5.75 Å². The van der Waals surface area contributed by atoms with Crippen molar-refractivity contribution in [1.82, 2.24) is 4.90 Å². The van der Waals surface area contributed by atoms with Crippen molar-refractivity contribution in [2.24, 2.45) is 0 Å². The molecule has 154 valence electrons. The number of carbonyl (C=O) groups excluding carboxylic acids is 2. The molecule has 2 N–H and O–H groups in total. The molecule has 4 rings (SSSR count). The molecule has 3 aromatic rings. The Hall–Kier alpha value is -3.74. The molecule has 1 unspecified atom stereocenters. The van der Waals surface area contributed by atoms with E-state index >= 15 is 0 Å². The number of ether oxygens (including phenoxy) is 1. The molecule has 0 saturated carbocycles. The van der Waals surface area contributed by atoms with Gasteiger partial charge in [0.1, 0.15) is 5.75 Å². The molecular weight excluding hydrogens is 382 g/mol. The zero-order valence-electron chi connectivity index (χ0n) is 16.4. The lowest BCUT2D eigenvalue weighted by Gasteiger charge is -2.18. The monoisotopic (exact) mass is 405 g/mol. The Kier molecular flexibility index (Phi) is 5.98. The molecule has 1 saturated heterocycles. The average Bonchev–Trinajstić information content (AvgIpc) is 3.46. The SMILES string of the molecule is O=C(Nc1cccc(OCC(=O)N2CCC(Nc3ccccc3)C2)c1)c1ccco1. The highest BCUT2D eigenvalue weighted by Crippen LogP contribution is 2.20. The summed E-state index contributed by atoms with van der Waals surface area (Å²) in [5.41, 5.74) is 1.62. The van der Waals surface area contributed by atoms with Crippen LogP contribution in [0, 0.1) is 0 Å². The van der Waals surface area contributed by atoms with Crippen LogP contribution in [0.25, 0.3) is 0 Å². The van der Waals surface area contributed by atoms with Gasteiger partial charge in [-0.2, -0.15) is 0 Å². The molecular formula is C23H23N3O4. The zero-order valence-corrected chi connectivity index (χ0v) is 16.4. The van der Waals surface area contributed by atoms with Crippen LogP contribution < -0.4 is 15.4 Å². The van der Waals surface area contributed by atoms with Crippen LogP contribution in [0.1, 0.15) is 17.0 Å². The third-order valence-electron chi connectivity index (χ3n) is 4.88. The van der Waals surface area contributed by atoms with Gasteiger partial charge in [-0.15, -0.1) is 0 Å². The van der Waals surface area contributed by atoms with Crippen molar-refractivity contribution in [2.45, 2.75) is 12.5 Å². The van der Waals surface area contributed by atoms with E-state index in [0.29, 0.717) is 24.5 Å². The quantitative estimate of drug-likeness (QED) is 0.627. The Balaban J connectivity index is 1.26. The number of anilines is 2. The summed E-state index contributed by atoms with van der Waals surface area (Å²) in [4.78, 5) is 26.4. The summed E-state index contributed by atoms with van der Waals surface area (Å²) in [7, 11) is 0. The van der Waals surface area contributed by atoms with Gasteiger partial charge in [-0.1, -0.05) is 24.3 Å². The molecule has 2 amide bonds. The highest BCUT2D eigenvalue weighted by Gasteiger charge is 2.26. The van der Waals surface area contributed by atoms with Gasteiger partial charge in [0.05, 0.1) is 6.26 Å². The van der Waals surface area contributed by atoms with Gasteiger partial charge in [0, 0.05) is 36.6 Å². The fraction of sp³-hybridized carbons (Fsp3) is 0.217. The lowest BCUT2D eigenvalue weighted by molar-refractivity contribution is -0.132. The summed E-state index contributed by atoms with van der Waals surface area (Å²) in [5, 5.41) is 6.19. The van der Waals surface area contributed by atoms with E-state index in [9.17, 15) is 9.59 Å². The van der Waals surface area contributed by atoms with Gasteiger partial charge in [0.15, 0.2) is 12.4 Å². The molecule has 2 aromatic carbocycles. The standard InChI is InChI=1S/C23H23N3O4/c27-22(26-12-11-19(15-26)24-17-6-2-1-3-7-17)16-30-20-9-4-8-18(14-20)25-23(28)21-10-5-13-29-21/h1-10,13-14,19,24H,11-12,15-16H2,(H,25,28). The summed E-state index contributed by atoms with van der Waals surface area (Å²) >= 11 is 0. The van der Waals surface area contributed by atoms with Crippen molar-refractivity contribution in [2.75, 3.05) is 30.3 Å². The number of nitrogens with one attached hydrogen (secondary N) is 2. The van der Waals surface area contributed by atoms with Gasteiger partial charge >= 0.3 is 0 Å². The Labute approximate surface area is 174 Å². The molecule has 1 fully saturated rings. The smallest absolute Gasteiger partial charge is 0.291 e. The minimum atomic E-state index is -0.345. The summed E-state index contributed by atoms with van der Waals surface area (Å²) in [6.45, 7) is 1.30. The fourth-order valence-electron chi connectivity index (χ4n) is 3.38. The Morgan fingerprint density at radius 2 is 1.87 bits per heavy atom. The molecule has 0 aliphatic carbocycles. The predicted octanol–water partition coefficient (Wildman–Crippen LogP) is 3.62. The minimum absolute atomic E-state index is 0.0480. The summed E-state index contributed by atoms with van der Waals surface area (Å²) in [5.74, 6) is 0.336. The van der Waals surface area contributed by atoms with Crippen molar-refractivity contribution in [3.8, 4) is 5.75 Å². The molecule has 30 heavy (non-hydrogen) atoms. The maximum atomic E-state index is 12.5. The fourth-order valence-corrected chi connectivity index (χ4v) is 3.38. The van der Waals surface area contributed by atoms with Crippen LogP contribution >= 0.6 is 0 Å². The number of benzene rings is 2. The second kappa shape index (κ2) is 9.17. The number of rotatable bonds is 7. The van der Waals surface area contributed by atoms with Crippen LogP contribution in [-0.4, -0.2) is 42.5 Å². The van der Waals surface area contributed by atoms with E-state index in [2.05, 4.69) is 10.6 Å². The molecule has 1 atom stereocenters. The summed E-state index contributed by atoms with van der Waals surface area (Å²) in [6, 6.07) is 20.4. The Morgan fingerprint density at radius 3 is 2.67 bits per heavy atom. The molecule has 0 radical (unpaired) electrons. The van der Waals surface area contributed by atoms with E-state index in [1.54, 1.807) is 36.4 Å². The van der Waals surface area contributed by atoms with E-state index < -0.39 is 0 Å². The van der Waals surface area contributed by atoms with Crippen molar-refractivity contribution in [1.29, 1.82) is 0 Å². The van der Waals surface area contributed by atoms with Crippen LogP contribution in [0.15, 0.2) is 77.4 Å². The van der Waals surface area contributed by atoms with Crippen LogP contribution in [0.2, 0.25) is 0 Å². The molecule has 7 nitrogen and oxygen atoms in total. The Morgan fingerprint density at radius 1 is 1.03 bits per heavy atom. The maximum absolute atomic E-state index is 12.5. The predicted molar refractivity (Wildman–Crippen MR) is 114 cm³/mol. The first-order valence-electron chi connectivity index (χ1n) is 9.84. The summed E-state index contributed by atoms with van der Waals surface area (Å²) < 4.78 is 10.7. The molecule has 0 bridgehead atoms. The number of furan rings is 1. The second-order valence-corrected chi connectivity index (χ2v) is 7.08. The number of nitrogens with zero attached hydrogens (tertiary/aromatic N) is 1. The van der Waals surface area contributed by atoms with Gasteiger partial charge in [0.25, 0.3) is 11.8 Å². The van der Waals surface area contributed by atoms with Crippen LogP contribution in [0.4, 0.5) is 11.4 Å². The maximum Gasteiger partial charge on any atom is 0.291 e. The number of amides is 2. The first-order chi connectivity index (χ1) is 14.7. The number of likely N-dealkylation sites (tertiary alicyclic amines) is 1. The zero-order chi connectivity index (χ0) is 20.8. The van der Waals surface area contributed by atoms with Crippen LogP contribution in [-0.2, 0) is 4.79 Å². The minimum Gasteiger partial charge on any atom is -0.484 e. The van der Waals surface area contributed by atoms with E-state index in [-0.39, 0.29) is 30.2 Å². The highest BCUT2D eigenvalue weighted by atomic mass is 16.5. The number of hydrogen-bond donors (Lipinski definition) is 2. The summed E-state index contributed by atoms with van der Waals surface area (Å²) in [6.07, 6.45) is 2.34. The van der Waals surface area contributed by atoms with Crippen molar-refractivity contribution < 1.29 is 18.7 Å². The van der Waals surface area contributed by atoms with Crippen molar-refractivity contribution in [3.63, 3.8) is 0 Å². The highest BCUT2D eigenvalue weighted by molar-refractivity contribution is 6.02. The van der Waals surface area contributed by atoms with E-state index in [1.165, 1.54) is 6.26 Å². The topological polar surface area (TPSA) is 83.8 Å². The number of carbonyl (C=O) groups is 2. The van der Waals surface area contributed by atoms with Gasteiger partial charge < -0.3 is 24.7 Å². The number of para-hydroxylation sites is 1. The lowest BCUT2D eigenvalue weighted by Crippen LogP contribution is -2.35. The molecule has 2 heterocycles. The molecule has 1 aliphatic rings. The molecule has 0 spiro atoms. The van der Waals surface area contributed by atoms with E-state index in [4.69, 9.17) is 9.15 Å². The lowest BCUT2D eigenvalue weighted by atomic mass is 10.2. The van der Waals surface area contributed by atoms with Gasteiger partial charge in [0.2, 0.25) is 0 Å². The largest absolute Gasteiger partial charge is 0.484 e. The average molecular weight is 405 g/mol.